The first-order valence-corrected chi connectivity index (χ1v) is 9.73. The number of hydrogen-bond acceptors (Lipinski definition) is 5. The molecule has 4 aromatic rings. The van der Waals surface area contributed by atoms with E-state index in [0.29, 0.717) is 27.6 Å². The van der Waals surface area contributed by atoms with Crippen molar-refractivity contribution in [2.24, 2.45) is 0 Å². The number of nitrogens with one attached hydrogen (secondary N) is 1. The number of carbonyl (C=O) groups excluding carboxylic acids is 1. The first-order valence-electron chi connectivity index (χ1n) is 8.91. The Hall–Kier alpha value is -3.45. The molecule has 0 aliphatic carbocycles. The van der Waals surface area contributed by atoms with Crippen LogP contribution in [0.5, 0.6) is 5.75 Å². The third-order valence-corrected chi connectivity index (χ3v) is 5.67. The third-order valence-electron chi connectivity index (χ3n) is 4.55. The molecule has 29 heavy (non-hydrogen) atoms. The van der Waals surface area contributed by atoms with E-state index in [1.165, 1.54) is 23.5 Å². The minimum atomic E-state index is -0.300. The van der Waals surface area contributed by atoms with Gasteiger partial charge in [0.25, 0.3) is 5.91 Å². The number of thiophene rings is 1. The Morgan fingerprint density at radius 2 is 1.83 bits per heavy atom. The predicted octanol–water partition coefficient (Wildman–Crippen LogP) is 4.62. The van der Waals surface area contributed by atoms with Gasteiger partial charge in [-0.2, -0.15) is 0 Å². The highest BCUT2D eigenvalue weighted by atomic mass is 32.1. The van der Waals surface area contributed by atoms with Gasteiger partial charge in [-0.15, -0.1) is 11.3 Å². The molecule has 0 fully saturated rings. The van der Waals surface area contributed by atoms with Crippen LogP contribution in [-0.2, 0) is 6.54 Å². The molecule has 0 atom stereocenters. The van der Waals surface area contributed by atoms with Gasteiger partial charge in [0.05, 0.1) is 18.5 Å². The fraction of sp³-hybridized carbons (Fsp3) is 0.0909. The maximum absolute atomic E-state index is 13.1. The molecule has 0 bridgehead atoms. The Labute approximate surface area is 171 Å². The number of nitrogens with two attached hydrogens (primary N) is 1. The Balaban J connectivity index is 1.55. The van der Waals surface area contributed by atoms with Gasteiger partial charge in [-0.25, -0.2) is 9.37 Å². The lowest BCUT2D eigenvalue weighted by molar-refractivity contribution is 0.0956. The van der Waals surface area contributed by atoms with Gasteiger partial charge in [0.15, 0.2) is 0 Å². The minimum absolute atomic E-state index is 0.246. The molecule has 0 radical (unpaired) electrons. The van der Waals surface area contributed by atoms with Crippen molar-refractivity contribution < 1.29 is 13.9 Å². The van der Waals surface area contributed by atoms with Crippen LogP contribution in [0, 0.1) is 5.82 Å². The lowest BCUT2D eigenvalue weighted by Crippen LogP contribution is -2.22. The van der Waals surface area contributed by atoms with Crippen LogP contribution in [-0.4, -0.2) is 18.0 Å². The number of halogens is 1. The Morgan fingerprint density at radius 3 is 2.52 bits per heavy atom. The van der Waals surface area contributed by atoms with Crippen molar-refractivity contribution >= 4 is 33.1 Å². The molecule has 2 aromatic carbocycles. The van der Waals surface area contributed by atoms with Gasteiger partial charge in [0, 0.05) is 17.5 Å². The summed E-state index contributed by atoms with van der Waals surface area (Å²) in [5.41, 5.74) is 9.06. The van der Waals surface area contributed by atoms with Gasteiger partial charge < -0.3 is 15.8 Å². The zero-order valence-corrected chi connectivity index (χ0v) is 16.4. The summed E-state index contributed by atoms with van der Waals surface area (Å²) in [5.74, 6) is 0.215. The zero-order valence-electron chi connectivity index (χ0n) is 15.6. The average Bonchev–Trinajstić information content (AvgIpc) is 3.09. The maximum atomic E-state index is 13.1. The van der Waals surface area contributed by atoms with Crippen molar-refractivity contribution in [2.45, 2.75) is 6.54 Å². The summed E-state index contributed by atoms with van der Waals surface area (Å²) in [6.07, 6.45) is 0. The van der Waals surface area contributed by atoms with Gasteiger partial charge in [-0.05, 0) is 54.1 Å². The number of methoxy groups -OCH3 is 1. The molecule has 0 saturated carbocycles. The number of pyridine rings is 1. The van der Waals surface area contributed by atoms with E-state index in [9.17, 15) is 9.18 Å². The number of fused-ring (bicyclic) bond motifs is 1. The Bertz CT molecular complexity index is 1170. The zero-order chi connectivity index (χ0) is 20.4. The number of rotatable bonds is 5. The third kappa shape index (κ3) is 3.90. The van der Waals surface area contributed by atoms with E-state index in [0.717, 1.165) is 22.3 Å². The van der Waals surface area contributed by atoms with Crippen molar-refractivity contribution in [1.82, 2.24) is 10.3 Å². The average molecular weight is 407 g/mol. The number of anilines is 1. The van der Waals surface area contributed by atoms with Gasteiger partial charge in [-0.3, -0.25) is 4.79 Å². The summed E-state index contributed by atoms with van der Waals surface area (Å²) >= 11 is 1.24. The van der Waals surface area contributed by atoms with Crippen LogP contribution < -0.4 is 15.8 Å². The van der Waals surface area contributed by atoms with Crippen LogP contribution in [0.2, 0.25) is 0 Å². The van der Waals surface area contributed by atoms with E-state index in [1.807, 2.05) is 36.4 Å². The standard InChI is InChI=1S/C22H18FN3O2S/c1-28-16-8-2-13(3-9-16)12-25-21(27)20-19(24)17-10-11-18(26-22(17)29-20)14-4-6-15(23)7-5-14/h2-11H,12,24H2,1H3,(H,25,27). The van der Waals surface area contributed by atoms with E-state index >= 15 is 0 Å². The Kier molecular flexibility index (Phi) is 5.14. The topological polar surface area (TPSA) is 77.2 Å². The SMILES string of the molecule is COc1ccc(CNC(=O)c2sc3nc(-c4ccc(F)cc4)ccc3c2N)cc1. The minimum Gasteiger partial charge on any atom is -0.497 e. The largest absolute Gasteiger partial charge is 0.497 e. The molecule has 2 heterocycles. The molecule has 4 rings (SSSR count). The molecule has 0 unspecified atom stereocenters. The number of nitrogens with zero attached hydrogens (tertiary/aromatic N) is 1. The van der Waals surface area contributed by atoms with Crippen molar-refractivity contribution in [1.29, 1.82) is 0 Å². The highest BCUT2D eigenvalue weighted by Gasteiger charge is 2.17. The summed E-state index contributed by atoms with van der Waals surface area (Å²) in [7, 11) is 1.61. The summed E-state index contributed by atoms with van der Waals surface area (Å²) in [5, 5.41) is 3.62. The molecule has 3 N–H and O–H groups in total. The molecular formula is C22H18FN3O2S. The van der Waals surface area contributed by atoms with Crippen LogP contribution in [0.25, 0.3) is 21.5 Å². The van der Waals surface area contributed by atoms with Gasteiger partial charge in [-0.1, -0.05) is 12.1 Å². The predicted molar refractivity (Wildman–Crippen MR) is 114 cm³/mol. The van der Waals surface area contributed by atoms with E-state index in [1.54, 1.807) is 19.2 Å². The number of ether oxygens (including phenoxy) is 1. The van der Waals surface area contributed by atoms with Crippen LogP contribution in [0.4, 0.5) is 10.1 Å². The van der Waals surface area contributed by atoms with E-state index in [2.05, 4.69) is 10.3 Å². The second-order valence-electron chi connectivity index (χ2n) is 6.43. The van der Waals surface area contributed by atoms with Gasteiger partial charge in [0.1, 0.15) is 21.3 Å². The summed E-state index contributed by atoms with van der Waals surface area (Å²) < 4.78 is 18.3. The second-order valence-corrected chi connectivity index (χ2v) is 7.43. The number of nitrogen functional groups attached to an aromatic ring is 1. The quantitative estimate of drug-likeness (QED) is 0.506. The fourth-order valence-electron chi connectivity index (χ4n) is 2.95. The number of benzene rings is 2. The summed E-state index contributed by atoms with van der Waals surface area (Å²) in [6, 6.07) is 17.3. The van der Waals surface area contributed by atoms with Crippen molar-refractivity contribution in [3.8, 4) is 17.0 Å². The first kappa shape index (κ1) is 18.9. The lowest BCUT2D eigenvalue weighted by atomic mass is 10.1. The monoisotopic (exact) mass is 407 g/mol. The molecule has 2 aromatic heterocycles. The molecule has 0 spiro atoms. The normalized spacial score (nSPS) is 10.8. The lowest BCUT2D eigenvalue weighted by Gasteiger charge is -2.06. The maximum Gasteiger partial charge on any atom is 0.263 e. The molecule has 7 heteroatoms. The molecule has 0 aliphatic rings. The van der Waals surface area contributed by atoms with Crippen LogP contribution in [0.3, 0.4) is 0 Å². The summed E-state index contributed by atoms with van der Waals surface area (Å²) in [4.78, 5) is 18.3. The van der Waals surface area contributed by atoms with Crippen molar-refractivity contribution in [2.75, 3.05) is 12.8 Å². The first-order chi connectivity index (χ1) is 14.0. The highest BCUT2D eigenvalue weighted by Crippen LogP contribution is 2.34. The van der Waals surface area contributed by atoms with Crippen LogP contribution >= 0.6 is 11.3 Å². The van der Waals surface area contributed by atoms with Crippen molar-refractivity contribution in [3.05, 3.63) is 76.9 Å². The fourth-order valence-corrected chi connectivity index (χ4v) is 3.96. The number of amides is 1. The second kappa shape index (κ2) is 7.89. The van der Waals surface area contributed by atoms with Crippen LogP contribution in [0.15, 0.2) is 60.7 Å². The van der Waals surface area contributed by atoms with Gasteiger partial charge in [0.2, 0.25) is 0 Å². The molecule has 5 nitrogen and oxygen atoms in total. The van der Waals surface area contributed by atoms with Crippen LogP contribution in [0.1, 0.15) is 15.2 Å². The highest BCUT2D eigenvalue weighted by molar-refractivity contribution is 7.21. The van der Waals surface area contributed by atoms with E-state index in [4.69, 9.17) is 10.5 Å². The number of aromatic nitrogens is 1. The molecular weight excluding hydrogens is 389 g/mol. The van der Waals surface area contributed by atoms with Gasteiger partial charge >= 0.3 is 0 Å². The Morgan fingerprint density at radius 1 is 1.10 bits per heavy atom. The molecule has 1 amide bonds. The van der Waals surface area contributed by atoms with E-state index in [-0.39, 0.29) is 11.7 Å². The molecule has 146 valence electrons. The number of carbonyl (C=O) groups is 1. The van der Waals surface area contributed by atoms with Crippen molar-refractivity contribution in [3.63, 3.8) is 0 Å². The van der Waals surface area contributed by atoms with E-state index < -0.39 is 0 Å². The smallest absolute Gasteiger partial charge is 0.263 e. The molecule has 0 saturated heterocycles. The summed E-state index contributed by atoms with van der Waals surface area (Å²) in [6.45, 7) is 0.380. The molecule has 0 aliphatic heterocycles. The number of hydrogen-bond donors (Lipinski definition) is 2.